The number of amides is 2. The maximum Gasteiger partial charge on any atom is 0.257 e. The van der Waals surface area contributed by atoms with Crippen LogP contribution in [0.2, 0.25) is 0 Å². The van der Waals surface area contributed by atoms with Crippen LogP contribution in [0, 0.1) is 6.92 Å². The Balaban J connectivity index is 1.39. The van der Waals surface area contributed by atoms with E-state index in [0.29, 0.717) is 29.3 Å². The number of hydrogen-bond donors (Lipinski definition) is 2. The molecule has 4 aromatic rings. The van der Waals surface area contributed by atoms with Gasteiger partial charge in [-0.3, -0.25) is 14.9 Å². The number of benzene rings is 2. The average molecular weight is 474 g/mol. The van der Waals surface area contributed by atoms with Gasteiger partial charge in [0.1, 0.15) is 0 Å². The number of imidazole rings is 1. The van der Waals surface area contributed by atoms with Crippen LogP contribution in [0.4, 0.5) is 10.8 Å². The Morgan fingerprint density at radius 3 is 2.65 bits per heavy atom. The van der Waals surface area contributed by atoms with Crippen molar-refractivity contribution in [2.45, 2.75) is 39.7 Å². The van der Waals surface area contributed by atoms with Gasteiger partial charge in [-0.15, -0.1) is 11.3 Å². The fraction of sp³-hybridized carbons (Fsp3) is 0.231. The number of aromatic nitrogens is 3. The molecule has 174 valence electrons. The average Bonchev–Trinajstić information content (AvgIpc) is 3.48. The molecule has 4 rings (SSSR count). The zero-order valence-electron chi connectivity index (χ0n) is 19.2. The van der Waals surface area contributed by atoms with Crippen LogP contribution < -0.4 is 10.6 Å². The first-order chi connectivity index (χ1) is 16.5. The van der Waals surface area contributed by atoms with Gasteiger partial charge in [0, 0.05) is 47.1 Å². The standard InChI is InChI=1S/C26H27N5O2S/c1-3-5-19-8-10-20(11-9-19)24-18(2)34-26(29-24)30-25(33)21-6-4-7-22(16-21)28-23(32)12-14-31-15-13-27-17-31/h4,6-11,13,15-17H,3,5,12,14H2,1-2H3,(H,28,32)(H,29,30,33). The van der Waals surface area contributed by atoms with Gasteiger partial charge in [0.2, 0.25) is 5.91 Å². The van der Waals surface area contributed by atoms with E-state index in [-0.39, 0.29) is 11.8 Å². The highest BCUT2D eigenvalue weighted by Gasteiger charge is 2.14. The monoisotopic (exact) mass is 473 g/mol. The van der Waals surface area contributed by atoms with Gasteiger partial charge in [-0.05, 0) is 37.1 Å². The second-order valence-corrected chi connectivity index (χ2v) is 9.21. The van der Waals surface area contributed by atoms with E-state index in [9.17, 15) is 9.59 Å². The van der Waals surface area contributed by atoms with Crippen molar-refractivity contribution in [3.8, 4) is 11.3 Å². The van der Waals surface area contributed by atoms with Gasteiger partial charge in [-0.1, -0.05) is 43.7 Å². The van der Waals surface area contributed by atoms with Crippen molar-refractivity contribution in [1.82, 2.24) is 14.5 Å². The molecule has 0 fully saturated rings. The maximum atomic E-state index is 12.8. The van der Waals surface area contributed by atoms with E-state index in [4.69, 9.17) is 0 Å². The van der Waals surface area contributed by atoms with E-state index in [1.54, 1.807) is 36.8 Å². The molecule has 0 spiro atoms. The van der Waals surface area contributed by atoms with E-state index < -0.39 is 0 Å². The minimum absolute atomic E-state index is 0.128. The lowest BCUT2D eigenvalue weighted by molar-refractivity contribution is -0.116. The topological polar surface area (TPSA) is 88.9 Å². The van der Waals surface area contributed by atoms with Gasteiger partial charge < -0.3 is 9.88 Å². The number of hydrogen-bond acceptors (Lipinski definition) is 5. The Hall–Kier alpha value is -3.78. The summed E-state index contributed by atoms with van der Waals surface area (Å²) >= 11 is 1.45. The highest BCUT2D eigenvalue weighted by atomic mass is 32.1. The Kier molecular flexibility index (Phi) is 7.49. The van der Waals surface area contributed by atoms with Crippen molar-refractivity contribution in [2.24, 2.45) is 0 Å². The third kappa shape index (κ3) is 5.96. The predicted octanol–water partition coefficient (Wildman–Crippen LogP) is 5.55. The number of nitrogens with one attached hydrogen (secondary N) is 2. The summed E-state index contributed by atoms with van der Waals surface area (Å²) in [5, 5.41) is 6.28. The zero-order chi connectivity index (χ0) is 23.9. The van der Waals surface area contributed by atoms with Crippen LogP contribution in [-0.4, -0.2) is 26.3 Å². The zero-order valence-corrected chi connectivity index (χ0v) is 20.1. The summed E-state index contributed by atoms with van der Waals surface area (Å²) in [5.41, 5.74) is 4.25. The molecule has 0 bridgehead atoms. The van der Waals surface area contributed by atoms with E-state index in [1.165, 1.54) is 16.9 Å². The van der Waals surface area contributed by atoms with Crippen molar-refractivity contribution >= 4 is 34.0 Å². The summed E-state index contributed by atoms with van der Waals surface area (Å²) in [7, 11) is 0. The lowest BCUT2D eigenvalue weighted by atomic mass is 10.1. The Morgan fingerprint density at radius 1 is 1.09 bits per heavy atom. The van der Waals surface area contributed by atoms with Crippen LogP contribution in [0.1, 0.15) is 40.6 Å². The summed E-state index contributed by atoms with van der Waals surface area (Å²) in [6.07, 6.45) is 7.64. The van der Waals surface area contributed by atoms with Crippen molar-refractivity contribution in [2.75, 3.05) is 10.6 Å². The molecule has 2 aromatic carbocycles. The van der Waals surface area contributed by atoms with Crippen molar-refractivity contribution in [3.63, 3.8) is 0 Å². The number of nitrogens with zero attached hydrogens (tertiary/aromatic N) is 3. The summed E-state index contributed by atoms with van der Waals surface area (Å²) in [4.78, 5) is 34.8. The van der Waals surface area contributed by atoms with Gasteiger partial charge in [-0.25, -0.2) is 9.97 Å². The van der Waals surface area contributed by atoms with Gasteiger partial charge in [0.15, 0.2) is 5.13 Å². The number of anilines is 2. The van der Waals surface area contributed by atoms with Gasteiger partial charge >= 0.3 is 0 Å². The van der Waals surface area contributed by atoms with Crippen LogP contribution in [0.5, 0.6) is 0 Å². The second-order valence-electron chi connectivity index (χ2n) is 8.00. The molecule has 34 heavy (non-hydrogen) atoms. The van der Waals surface area contributed by atoms with Crippen LogP contribution in [0.15, 0.2) is 67.3 Å². The first-order valence-electron chi connectivity index (χ1n) is 11.3. The van der Waals surface area contributed by atoms with Crippen LogP contribution in [-0.2, 0) is 17.8 Å². The second kappa shape index (κ2) is 10.9. The Labute approximate surface area is 202 Å². The van der Waals surface area contributed by atoms with Crippen LogP contribution >= 0.6 is 11.3 Å². The molecule has 0 saturated heterocycles. The molecule has 0 aliphatic rings. The first kappa shape index (κ1) is 23.4. The molecule has 0 aliphatic heterocycles. The third-order valence-electron chi connectivity index (χ3n) is 5.35. The summed E-state index contributed by atoms with van der Waals surface area (Å²) < 4.78 is 1.84. The molecule has 2 aromatic heterocycles. The molecular formula is C26H27N5O2S. The van der Waals surface area contributed by atoms with Gasteiger partial charge in [0.25, 0.3) is 5.91 Å². The van der Waals surface area contributed by atoms with E-state index in [2.05, 4.69) is 51.8 Å². The molecule has 0 atom stereocenters. The van der Waals surface area contributed by atoms with Crippen molar-refractivity contribution in [1.29, 1.82) is 0 Å². The lowest BCUT2D eigenvalue weighted by Gasteiger charge is -2.08. The fourth-order valence-electron chi connectivity index (χ4n) is 3.62. The van der Waals surface area contributed by atoms with Gasteiger partial charge in [0.05, 0.1) is 12.0 Å². The number of aryl methyl sites for hydroxylation is 3. The highest BCUT2D eigenvalue weighted by molar-refractivity contribution is 7.16. The predicted molar refractivity (Wildman–Crippen MR) is 136 cm³/mol. The quantitative estimate of drug-likeness (QED) is 0.334. The number of carbonyl (C=O) groups excluding carboxylic acids is 2. The number of carbonyl (C=O) groups is 2. The largest absolute Gasteiger partial charge is 0.337 e. The lowest BCUT2D eigenvalue weighted by Crippen LogP contribution is -2.15. The minimum Gasteiger partial charge on any atom is -0.337 e. The molecule has 0 aliphatic carbocycles. The maximum absolute atomic E-state index is 12.8. The summed E-state index contributed by atoms with van der Waals surface area (Å²) in [5.74, 6) is -0.399. The minimum atomic E-state index is -0.270. The Bertz CT molecular complexity index is 1260. The van der Waals surface area contributed by atoms with E-state index in [0.717, 1.165) is 29.0 Å². The molecule has 2 heterocycles. The number of thiazole rings is 1. The molecule has 2 N–H and O–H groups in total. The summed E-state index contributed by atoms with van der Waals surface area (Å²) in [6, 6.07) is 15.3. The van der Waals surface area contributed by atoms with E-state index >= 15 is 0 Å². The Morgan fingerprint density at radius 2 is 1.91 bits per heavy atom. The molecule has 8 heteroatoms. The molecule has 0 saturated carbocycles. The highest BCUT2D eigenvalue weighted by Crippen LogP contribution is 2.31. The normalized spacial score (nSPS) is 10.8. The molecule has 7 nitrogen and oxygen atoms in total. The van der Waals surface area contributed by atoms with Crippen LogP contribution in [0.3, 0.4) is 0 Å². The third-order valence-corrected chi connectivity index (χ3v) is 6.23. The SMILES string of the molecule is CCCc1ccc(-c2nc(NC(=O)c3cccc(NC(=O)CCn4ccnc4)c3)sc2C)cc1. The molecular weight excluding hydrogens is 446 g/mol. The van der Waals surface area contributed by atoms with Crippen LogP contribution in [0.25, 0.3) is 11.3 Å². The summed E-state index contributed by atoms with van der Waals surface area (Å²) in [6.45, 7) is 4.71. The van der Waals surface area contributed by atoms with Crippen molar-refractivity contribution < 1.29 is 9.59 Å². The van der Waals surface area contributed by atoms with Crippen molar-refractivity contribution in [3.05, 3.63) is 83.3 Å². The first-order valence-corrected chi connectivity index (χ1v) is 12.1. The molecule has 0 radical (unpaired) electrons. The molecule has 0 unspecified atom stereocenters. The molecule has 2 amide bonds. The smallest absolute Gasteiger partial charge is 0.257 e. The number of rotatable bonds is 9. The van der Waals surface area contributed by atoms with E-state index in [1.807, 2.05) is 17.7 Å². The fourth-order valence-corrected chi connectivity index (χ4v) is 4.45. The van der Waals surface area contributed by atoms with Gasteiger partial charge in [-0.2, -0.15) is 0 Å².